The molecule has 3 nitrogen and oxygen atoms in total. The Hall–Kier alpha value is -1.42. The lowest BCUT2D eigenvalue weighted by Crippen LogP contribution is -2.29. The van der Waals surface area contributed by atoms with Crippen molar-refractivity contribution in [3.63, 3.8) is 0 Å². The van der Waals surface area contributed by atoms with E-state index in [1.54, 1.807) is 18.2 Å². The Morgan fingerprint density at radius 2 is 2.18 bits per heavy atom. The molecule has 0 aliphatic carbocycles. The number of carbonyl (C=O) groups is 1. The van der Waals surface area contributed by atoms with Crippen molar-refractivity contribution in [1.29, 1.82) is 0 Å². The number of aryl methyl sites for hydroxylation is 1. The first-order valence-corrected chi connectivity index (χ1v) is 5.74. The molecule has 0 saturated carbocycles. The lowest BCUT2D eigenvalue weighted by Gasteiger charge is -2.09. The standard InChI is InChI=1S/C13H18FNO2/c1-10(9-16)8-15-13(17)7-6-11-4-2-3-5-12(11)14/h2-5,10,16H,6-9H2,1H3,(H,15,17). The van der Waals surface area contributed by atoms with Crippen molar-refractivity contribution in [1.82, 2.24) is 5.32 Å². The maximum absolute atomic E-state index is 13.2. The highest BCUT2D eigenvalue weighted by Gasteiger charge is 2.06. The smallest absolute Gasteiger partial charge is 0.220 e. The van der Waals surface area contributed by atoms with Gasteiger partial charge in [0.15, 0.2) is 0 Å². The zero-order chi connectivity index (χ0) is 12.7. The van der Waals surface area contributed by atoms with Gasteiger partial charge in [-0.2, -0.15) is 0 Å². The molecule has 0 aromatic heterocycles. The molecule has 0 spiro atoms. The first-order chi connectivity index (χ1) is 8.13. The van der Waals surface area contributed by atoms with E-state index >= 15 is 0 Å². The zero-order valence-electron chi connectivity index (χ0n) is 9.95. The molecule has 1 unspecified atom stereocenters. The van der Waals surface area contributed by atoms with E-state index in [0.717, 1.165) is 0 Å². The van der Waals surface area contributed by atoms with Gasteiger partial charge in [-0.3, -0.25) is 4.79 Å². The van der Waals surface area contributed by atoms with E-state index < -0.39 is 0 Å². The first kappa shape index (κ1) is 13.6. The van der Waals surface area contributed by atoms with E-state index in [9.17, 15) is 9.18 Å². The highest BCUT2D eigenvalue weighted by Crippen LogP contribution is 2.08. The normalized spacial score (nSPS) is 12.2. The zero-order valence-corrected chi connectivity index (χ0v) is 9.95. The third kappa shape index (κ3) is 4.95. The second-order valence-electron chi connectivity index (χ2n) is 4.18. The maximum atomic E-state index is 13.2. The highest BCUT2D eigenvalue weighted by molar-refractivity contribution is 5.76. The van der Waals surface area contributed by atoms with Crippen molar-refractivity contribution in [2.75, 3.05) is 13.2 Å². The molecule has 1 atom stereocenters. The fourth-order valence-corrected chi connectivity index (χ4v) is 1.39. The number of nitrogens with one attached hydrogen (secondary N) is 1. The van der Waals surface area contributed by atoms with Gasteiger partial charge in [-0.1, -0.05) is 25.1 Å². The minimum atomic E-state index is -0.274. The van der Waals surface area contributed by atoms with Gasteiger partial charge >= 0.3 is 0 Å². The Labute approximate surface area is 101 Å². The van der Waals surface area contributed by atoms with E-state index in [1.165, 1.54) is 6.07 Å². The van der Waals surface area contributed by atoms with Crippen LogP contribution in [0.3, 0.4) is 0 Å². The first-order valence-electron chi connectivity index (χ1n) is 5.74. The number of amides is 1. The number of aliphatic hydroxyl groups is 1. The molecule has 94 valence electrons. The lowest BCUT2D eigenvalue weighted by atomic mass is 10.1. The third-order valence-corrected chi connectivity index (χ3v) is 2.54. The number of halogens is 1. The summed E-state index contributed by atoms with van der Waals surface area (Å²) >= 11 is 0. The predicted molar refractivity (Wildman–Crippen MR) is 64.0 cm³/mol. The quantitative estimate of drug-likeness (QED) is 0.790. The summed E-state index contributed by atoms with van der Waals surface area (Å²) in [6.07, 6.45) is 0.658. The van der Waals surface area contributed by atoms with Crippen molar-refractivity contribution < 1.29 is 14.3 Å². The topological polar surface area (TPSA) is 49.3 Å². The van der Waals surface area contributed by atoms with Crippen molar-refractivity contribution in [3.05, 3.63) is 35.6 Å². The Balaban J connectivity index is 2.31. The lowest BCUT2D eigenvalue weighted by molar-refractivity contribution is -0.121. The minimum Gasteiger partial charge on any atom is -0.396 e. The summed E-state index contributed by atoms with van der Waals surface area (Å²) in [5, 5.41) is 11.5. The predicted octanol–water partition coefficient (Wildman–Crippen LogP) is 1.50. The monoisotopic (exact) mass is 239 g/mol. The van der Waals surface area contributed by atoms with Crippen LogP contribution in [0, 0.1) is 11.7 Å². The highest BCUT2D eigenvalue weighted by atomic mass is 19.1. The summed E-state index contributed by atoms with van der Waals surface area (Å²) in [6, 6.07) is 6.45. The molecule has 0 bridgehead atoms. The summed E-state index contributed by atoms with van der Waals surface area (Å²) in [6.45, 7) is 2.34. The second kappa shape index (κ2) is 7.01. The molecular weight excluding hydrogens is 221 g/mol. The number of hydrogen-bond donors (Lipinski definition) is 2. The average molecular weight is 239 g/mol. The fraction of sp³-hybridized carbons (Fsp3) is 0.462. The number of aliphatic hydroxyl groups excluding tert-OH is 1. The van der Waals surface area contributed by atoms with Gasteiger partial charge in [0.1, 0.15) is 5.82 Å². The van der Waals surface area contributed by atoms with Crippen LogP contribution in [0.1, 0.15) is 18.9 Å². The molecule has 2 N–H and O–H groups in total. The van der Waals surface area contributed by atoms with Crippen LogP contribution in [-0.4, -0.2) is 24.2 Å². The summed E-state index contributed by atoms with van der Waals surface area (Å²) in [5.41, 5.74) is 0.554. The number of benzene rings is 1. The maximum Gasteiger partial charge on any atom is 0.220 e. The molecule has 17 heavy (non-hydrogen) atoms. The van der Waals surface area contributed by atoms with Crippen LogP contribution in [0.2, 0.25) is 0 Å². The van der Waals surface area contributed by atoms with Crippen LogP contribution in [0.25, 0.3) is 0 Å². The van der Waals surface area contributed by atoms with E-state index in [-0.39, 0.29) is 30.7 Å². The van der Waals surface area contributed by atoms with E-state index in [2.05, 4.69) is 5.32 Å². The number of rotatable bonds is 6. The molecule has 0 fully saturated rings. The number of carbonyl (C=O) groups excluding carboxylic acids is 1. The van der Waals surface area contributed by atoms with Crippen LogP contribution in [0.15, 0.2) is 24.3 Å². The molecule has 0 radical (unpaired) electrons. The summed E-state index contributed by atoms with van der Waals surface area (Å²) in [4.78, 5) is 11.4. The van der Waals surface area contributed by atoms with Crippen molar-refractivity contribution >= 4 is 5.91 Å². The second-order valence-corrected chi connectivity index (χ2v) is 4.18. The van der Waals surface area contributed by atoms with Gasteiger partial charge in [0.2, 0.25) is 5.91 Å². The average Bonchev–Trinajstić information content (AvgIpc) is 2.35. The van der Waals surface area contributed by atoms with Gasteiger partial charge in [0, 0.05) is 19.6 Å². The molecule has 0 aliphatic heterocycles. The van der Waals surface area contributed by atoms with Crippen LogP contribution in [0.5, 0.6) is 0 Å². The van der Waals surface area contributed by atoms with Gasteiger partial charge in [-0.25, -0.2) is 4.39 Å². The van der Waals surface area contributed by atoms with Gasteiger partial charge in [-0.15, -0.1) is 0 Å². The van der Waals surface area contributed by atoms with Gasteiger partial charge in [0.05, 0.1) is 0 Å². The molecule has 1 rings (SSSR count). The van der Waals surface area contributed by atoms with E-state index in [4.69, 9.17) is 5.11 Å². The van der Waals surface area contributed by atoms with Crippen LogP contribution < -0.4 is 5.32 Å². The van der Waals surface area contributed by atoms with Crippen LogP contribution in [0.4, 0.5) is 4.39 Å². The molecule has 4 heteroatoms. The Morgan fingerprint density at radius 3 is 2.82 bits per heavy atom. The van der Waals surface area contributed by atoms with Gasteiger partial charge < -0.3 is 10.4 Å². The third-order valence-electron chi connectivity index (χ3n) is 2.54. The van der Waals surface area contributed by atoms with Crippen molar-refractivity contribution in [2.24, 2.45) is 5.92 Å². The Kier molecular flexibility index (Phi) is 5.63. The summed E-state index contributed by atoms with van der Waals surface area (Å²) < 4.78 is 13.2. The number of hydrogen-bond acceptors (Lipinski definition) is 2. The van der Waals surface area contributed by atoms with Crippen molar-refractivity contribution in [2.45, 2.75) is 19.8 Å². The largest absolute Gasteiger partial charge is 0.396 e. The molecule has 1 aromatic rings. The van der Waals surface area contributed by atoms with Crippen LogP contribution in [-0.2, 0) is 11.2 Å². The fourth-order valence-electron chi connectivity index (χ4n) is 1.39. The van der Waals surface area contributed by atoms with Crippen LogP contribution >= 0.6 is 0 Å². The SMILES string of the molecule is CC(CO)CNC(=O)CCc1ccccc1F. The molecule has 1 aromatic carbocycles. The van der Waals surface area contributed by atoms with Gasteiger partial charge in [-0.05, 0) is 24.0 Å². The molecule has 1 amide bonds. The minimum absolute atomic E-state index is 0.0485. The molecule has 0 saturated heterocycles. The summed E-state index contributed by atoms with van der Waals surface area (Å²) in [5.74, 6) is -0.343. The molecular formula is C13H18FNO2. The Bertz CT molecular complexity index is 368. The van der Waals surface area contributed by atoms with E-state index in [0.29, 0.717) is 18.5 Å². The van der Waals surface area contributed by atoms with E-state index in [1.807, 2.05) is 6.92 Å². The molecule has 0 heterocycles. The van der Waals surface area contributed by atoms with Gasteiger partial charge in [0.25, 0.3) is 0 Å². The summed E-state index contributed by atoms with van der Waals surface area (Å²) in [7, 11) is 0. The molecule has 0 aliphatic rings. The van der Waals surface area contributed by atoms with Crippen molar-refractivity contribution in [3.8, 4) is 0 Å². The Morgan fingerprint density at radius 1 is 1.47 bits per heavy atom.